The van der Waals surface area contributed by atoms with Crippen molar-refractivity contribution < 1.29 is 4.74 Å². The smallest absolute Gasteiger partial charge is 0.131 e. The summed E-state index contributed by atoms with van der Waals surface area (Å²) in [6.45, 7) is 6.44. The van der Waals surface area contributed by atoms with Gasteiger partial charge in [-0.1, -0.05) is 17.9 Å². The summed E-state index contributed by atoms with van der Waals surface area (Å²) in [5.41, 5.74) is 0. The molecular formula is C13H22N2OS. The summed E-state index contributed by atoms with van der Waals surface area (Å²) in [6, 6.07) is 0.695. The van der Waals surface area contributed by atoms with Gasteiger partial charge in [0.1, 0.15) is 6.10 Å². The largest absolute Gasteiger partial charge is 0.360 e. The second kappa shape index (κ2) is 6.10. The number of terminal acetylenes is 1. The molecule has 2 heterocycles. The number of morpholine rings is 1. The number of rotatable bonds is 2. The summed E-state index contributed by atoms with van der Waals surface area (Å²) in [5.74, 6) is 2.74. The van der Waals surface area contributed by atoms with Crippen molar-refractivity contribution >= 4 is 11.9 Å². The third-order valence-corrected chi connectivity index (χ3v) is 4.55. The Morgan fingerprint density at radius 3 is 2.59 bits per heavy atom. The highest BCUT2D eigenvalue weighted by Crippen LogP contribution is 2.23. The van der Waals surface area contributed by atoms with E-state index in [0.29, 0.717) is 6.04 Å². The van der Waals surface area contributed by atoms with Gasteiger partial charge in [0, 0.05) is 32.2 Å². The first-order valence-corrected chi connectivity index (χ1v) is 7.55. The standard InChI is InChI=1S/C13H22N2OS/c1-4-13-10-14(9-11(2)16-13)12-5-7-15(17-3)8-6-12/h1,11-13H,5-10H2,2-3H3/t11-,13+/m1/s1. The van der Waals surface area contributed by atoms with E-state index < -0.39 is 0 Å². The number of nitrogens with zero attached hydrogens (tertiary/aromatic N) is 2. The highest BCUT2D eigenvalue weighted by atomic mass is 32.2. The van der Waals surface area contributed by atoms with Gasteiger partial charge in [-0.05, 0) is 26.0 Å². The minimum Gasteiger partial charge on any atom is -0.360 e. The van der Waals surface area contributed by atoms with Crippen molar-refractivity contribution in [2.45, 2.75) is 38.0 Å². The third kappa shape index (κ3) is 3.38. The van der Waals surface area contributed by atoms with Crippen LogP contribution in [-0.2, 0) is 4.74 Å². The van der Waals surface area contributed by atoms with Gasteiger partial charge in [-0.2, -0.15) is 0 Å². The molecule has 0 aromatic heterocycles. The monoisotopic (exact) mass is 254 g/mol. The fraction of sp³-hybridized carbons (Fsp3) is 0.846. The van der Waals surface area contributed by atoms with Crippen molar-refractivity contribution in [2.75, 3.05) is 32.4 Å². The Hall–Kier alpha value is -0.210. The Balaban J connectivity index is 1.87. The zero-order chi connectivity index (χ0) is 12.3. The van der Waals surface area contributed by atoms with Crippen molar-refractivity contribution in [1.29, 1.82) is 0 Å². The molecule has 0 spiro atoms. The van der Waals surface area contributed by atoms with Crippen LogP contribution >= 0.6 is 11.9 Å². The molecule has 0 unspecified atom stereocenters. The second-order valence-electron chi connectivity index (χ2n) is 4.90. The maximum absolute atomic E-state index is 5.71. The average Bonchev–Trinajstić information content (AvgIpc) is 2.38. The molecule has 2 rings (SSSR count). The molecule has 4 heteroatoms. The highest BCUT2D eigenvalue weighted by molar-refractivity contribution is 7.96. The minimum atomic E-state index is -0.0164. The molecule has 17 heavy (non-hydrogen) atoms. The highest BCUT2D eigenvalue weighted by Gasteiger charge is 2.31. The molecule has 0 amide bonds. The Labute approximate surface area is 109 Å². The van der Waals surface area contributed by atoms with Crippen LogP contribution in [0.3, 0.4) is 0 Å². The van der Waals surface area contributed by atoms with Crippen molar-refractivity contribution in [3.05, 3.63) is 0 Å². The molecule has 2 aliphatic heterocycles. The van der Waals surface area contributed by atoms with Crippen LogP contribution in [0.1, 0.15) is 19.8 Å². The zero-order valence-electron chi connectivity index (χ0n) is 10.8. The molecule has 0 saturated carbocycles. The SMILES string of the molecule is C#C[C@H]1CN(C2CCN(SC)CC2)C[C@@H](C)O1. The van der Waals surface area contributed by atoms with Gasteiger partial charge in [0.2, 0.25) is 0 Å². The van der Waals surface area contributed by atoms with E-state index >= 15 is 0 Å². The molecule has 2 saturated heterocycles. The maximum Gasteiger partial charge on any atom is 0.131 e. The van der Waals surface area contributed by atoms with Crippen LogP contribution < -0.4 is 0 Å². The van der Waals surface area contributed by atoms with Crippen molar-refractivity contribution in [3.63, 3.8) is 0 Å². The van der Waals surface area contributed by atoms with Crippen molar-refractivity contribution in [2.24, 2.45) is 0 Å². The van der Waals surface area contributed by atoms with Crippen LogP contribution in [0.2, 0.25) is 0 Å². The van der Waals surface area contributed by atoms with Gasteiger partial charge in [0.15, 0.2) is 0 Å². The van der Waals surface area contributed by atoms with Crippen LogP contribution in [0.4, 0.5) is 0 Å². The Morgan fingerprint density at radius 2 is 2.00 bits per heavy atom. The van der Waals surface area contributed by atoms with E-state index in [-0.39, 0.29) is 12.2 Å². The summed E-state index contributed by atoms with van der Waals surface area (Å²) in [6.07, 6.45) is 10.4. The molecule has 0 aliphatic carbocycles. The van der Waals surface area contributed by atoms with Gasteiger partial charge in [-0.3, -0.25) is 9.21 Å². The van der Waals surface area contributed by atoms with Crippen LogP contribution in [-0.4, -0.2) is 59.9 Å². The van der Waals surface area contributed by atoms with Crippen molar-refractivity contribution in [1.82, 2.24) is 9.21 Å². The lowest BCUT2D eigenvalue weighted by Gasteiger charge is -2.42. The van der Waals surface area contributed by atoms with Gasteiger partial charge in [-0.15, -0.1) is 6.42 Å². The van der Waals surface area contributed by atoms with E-state index in [9.17, 15) is 0 Å². The predicted octanol–water partition coefficient (Wildman–Crippen LogP) is 1.45. The molecule has 0 aromatic carbocycles. The van der Waals surface area contributed by atoms with Crippen molar-refractivity contribution in [3.8, 4) is 12.3 Å². The molecule has 0 N–H and O–H groups in total. The van der Waals surface area contributed by atoms with Gasteiger partial charge >= 0.3 is 0 Å². The van der Waals surface area contributed by atoms with E-state index in [0.717, 1.165) is 13.1 Å². The lowest BCUT2D eigenvalue weighted by molar-refractivity contribution is -0.0690. The third-order valence-electron chi connectivity index (χ3n) is 3.67. The van der Waals surface area contributed by atoms with E-state index in [2.05, 4.69) is 28.3 Å². The molecule has 2 fully saturated rings. The summed E-state index contributed by atoms with van der Waals surface area (Å²) >= 11 is 1.86. The first-order chi connectivity index (χ1) is 8.22. The molecule has 96 valence electrons. The molecule has 0 bridgehead atoms. The number of piperidine rings is 1. The normalized spacial score (nSPS) is 33.5. The maximum atomic E-state index is 5.71. The summed E-state index contributed by atoms with van der Waals surface area (Å²) in [5, 5.41) is 0. The van der Waals surface area contributed by atoms with E-state index in [1.54, 1.807) is 0 Å². The Morgan fingerprint density at radius 1 is 1.29 bits per heavy atom. The predicted molar refractivity (Wildman–Crippen MR) is 72.9 cm³/mol. The van der Waals surface area contributed by atoms with Crippen LogP contribution in [0.5, 0.6) is 0 Å². The topological polar surface area (TPSA) is 15.7 Å². The average molecular weight is 254 g/mol. The van der Waals surface area contributed by atoms with E-state index in [1.807, 2.05) is 11.9 Å². The summed E-state index contributed by atoms with van der Waals surface area (Å²) < 4.78 is 8.15. The van der Waals surface area contributed by atoms with Gasteiger partial charge < -0.3 is 4.74 Å². The molecule has 3 nitrogen and oxygen atoms in total. The first kappa shape index (κ1) is 13.2. The Kier molecular flexibility index (Phi) is 4.75. The molecule has 0 radical (unpaired) electrons. The van der Waals surface area contributed by atoms with Crippen LogP contribution in [0, 0.1) is 12.3 Å². The molecule has 2 aliphatic rings. The van der Waals surface area contributed by atoms with Crippen LogP contribution in [0.25, 0.3) is 0 Å². The fourth-order valence-electron chi connectivity index (χ4n) is 2.76. The number of ether oxygens (including phenoxy) is 1. The number of hydrogen-bond donors (Lipinski definition) is 0. The summed E-state index contributed by atoms with van der Waals surface area (Å²) in [4.78, 5) is 2.54. The fourth-order valence-corrected chi connectivity index (χ4v) is 3.34. The zero-order valence-corrected chi connectivity index (χ0v) is 11.6. The lowest BCUT2D eigenvalue weighted by Crippen LogP contribution is -2.52. The van der Waals surface area contributed by atoms with E-state index in [1.165, 1.54) is 25.9 Å². The lowest BCUT2D eigenvalue weighted by atomic mass is 10.0. The van der Waals surface area contributed by atoms with Gasteiger partial charge in [-0.25, -0.2) is 0 Å². The second-order valence-corrected chi connectivity index (χ2v) is 5.78. The molecule has 0 aromatic rings. The van der Waals surface area contributed by atoms with Gasteiger partial charge in [0.25, 0.3) is 0 Å². The quantitative estimate of drug-likeness (QED) is 0.547. The summed E-state index contributed by atoms with van der Waals surface area (Å²) in [7, 11) is 0. The Bertz CT molecular complexity index is 284. The number of hydrogen-bond acceptors (Lipinski definition) is 4. The molecule has 2 atom stereocenters. The van der Waals surface area contributed by atoms with Gasteiger partial charge in [0.05, 0.1) is 6.10 Å². The minimum absolute atomic E-state index is 0.0164. The first-order valence-electron chi connectivity index (χ1n) is 6.37. The van der Waals surface area contributed by atoms with E-state index in [4.69, 9.17) is 11.2 Å². The van der Waals surface area contributed by atoms with Crippen LogP contribution in [0.15, 0.2) is 0 Å². The molecular weight excluding hydrogens is 232 g/mol.